The molecule has 0 bridgehead atoms. The number of carbonyl (C=O) groups is 1. The van der Waals surface area contributed by atoms with Gasteiger partial charge in [-0.05, 0) is 12.1 Å². The third kappa shape index (κ3) is 1.78. The highest BCUT2D eigenvalue weighted by atomic mass is 35.5. The van der Waals surface area contributed by atoms with Crippen LogP contribution in [0, 0.1) is 0 Å². The summed E-state index contributed by atoms with van der Waals surface area (Å²) in [6.45, 7) is 3.65. The zero-order chi connectivity index (χ0) is 12.6. The minimum absolute atomic E-state index is 0.219. The van der Waals surface area contributed by atoms with Gasteiger partial charge in [-0.2, -0.15) is 5.10 Å². The van der Waals surface area contributed by atoms with E-state index in [9.17, 15) is 4.79 Å². The van der Waals surface area contributed by atoms with Gasteiger partial charge < -0.3 is 4.74 Å². The molecule has 2 rings (SSSR count). The Balaban J connectivity index is 2.90. The average Bonchev–Trinajstić information content (AvgIpc) is 2.64. The van der Waals surface area contributed by atoms with Gasteiger partial charge in [0.1, 0.15) is 5.15 Å². The van der Waals surface area contributed by atoms with E-state index in [0.29, 0.717) is 22.3 Å². The van der Waals surface area contributed by atoms with Gasteiger partial charge in [-0.25, -0.2) is 14.5 Å². The zero-order valence-electron chi connectivity index (χ0n) is 9.40. The molecule has 0 N–H and O–H groups in total. The molecule has 0 amide bonds. The normalized spacial score (nSPS) is 10.5. The van der Waals surface area contributed by atoms with Crippen LogP contribution < -0.4 is 0 Å². The number of aryl methyl sites for hydroxylation is 1. The maximum atomic E-state index is 11.7. The van der Waals surface area contributed by atoms with Crippen LogP contribution in [0.2, 0.25) is 5.15 Å². The second-order valence-corrected chi connectivity index (χ2v) is 3.78. The van der Waals surface area contributed by atoms with Crippen molar-refractivity contribution in [2.24, 2.45) is 7.05 Å². The molecule has 0 atom stereocenters. The lowest BCUT2D eigenvalue weighted by Crippen LogP contribution is -2.03. The van der Waals surface area contributed by atoms with Crippen LogP contribution in [0.4, 0.5) is 0 Å². The summed E-state index contributed by atoms with van der Waals surface area (Å²) in [4.78, 5) is 15.8. The van der Waals surface area contributed by atoms with E-state index >= 15 is 0 Å². The van der Waals surface area contributed by atoms with Gasteiger partial charge in [0.05, 0.1) is 23.8 Å². The summed E-state index contributed by atoms with van der Waals surface area (Å²) >= 11 is 5.86. The van der Waals surface area contributed by atoms with Crippen molar-refractivity contribution in [1.82, 2.24) is 14.8 Å². The Kier molecular flexibility index (Phi) is 2.85. The van der Waals surface area contributed by atoms with Crippen molar-refractivity contribution in [2.45, 2.75) is 0 Å². The molecule has 0 spiro atoms. The molecule has 0 fully saturated rings. The first-order valence-corrected chi connectivity index (χ1v) is 5.20. The molecule has 0 aliphatic rings. The molecule has 0 unspecified atom stereocenters. The SMILES string of the molecule is C=Cc1nn(C)c2nc(Cl)cc(C(=O)OC)c12. The van der Waals surface area contributed by atoms with Crippen molar-refractivity contribution < 1.29 is 9.53 Å². The van der Waals surface area contributed by atoms with Crippen molar-refractivity contribution in [1.29, 1.82) is 0 Å². The summed E-state index contributed by atoms with van der Waals surface area (Å²) < 4.78 is 6.26. The van der Waals surface area contributed by atoms with Crippen LogP contribution in [0.5, 0.6) is 0 Å². The predicted molar refractivity (Wildman–Crippen MR) is 64.9 cm³/mol. The molecule has 2 aromatic rings. The molecule has 0 aliphatic carbocycles. The lowest BCUT2D eigenvalue weighted by molar-refractivity contribution is 0.0603. The van der Waals surface area contributed by atoms with Crippen molar-refractivity contribution in [3.63, 3.8) is 0 Å². The molecule has 2 aromatic heterocycles. The Morgan fingerprint density at radius 3 is 2.94 bits per heavy atom. The minimum Gasteiger partial charge on any atom is -0.465 e. The van der Waals surface area contributed by atoms with Gasteiger partial charge >= 0.3 is 5.97 Å². The fourth-order valence-electron chi connectivity index (χ4n) is 1.66. The second-order valence-electron chi connectivity index (χ2n) is 3.40. The van der Waals surface area contributed by atoms with E-state index in [1.165, 1.54) is 13.2 Å². The highest BCUT2D eigenvalue weighted by Crippen LogP contribution is 2.25. The van der Waals surface area contributed by atoms with E-state index in [1.807, 2.05) is 0 Å². The lowest BCUT2D eigenvalue weighted by Gasteiger charge is -2.02. The van der Waals surface area contributed by atoms with Gasteiger partial charge in [-0.1, -0.05) is 18.2 Å². The molecule has 88 valence electrons. The van der Waals surface area contributed by atoms with Gasteiger partial charge in [-0.15, -0.1) is 0 Å². The summed E-state index contributed by atoms with van der Waals surface area (Å²) in [5.74, 6) is -0.476. The Morgan fingerprint density at radius 2 is 2.35 bits per heavy atom. The molecule has 5 nitrogen and oxygen atoms in total. The first-order chi connectivity index (χ1) is 8.08. The Bertz CT molecular complexity index is 619. The number of carbonyl (C=O) groups excluding carboxylic acids is 1. The Hall–Kier alpha value is -1.88. The molecule has 17 heavy (non-hydrogen) atoms. The summed E-state index contributed by atoms with van der Waals surface area (Å²) in [6, 6.07) is 1.46. The van der Waals surface area contributed by atoms with E-state index < -0.39 is 5.97 Å². The highest BCUT2D eigenvalue weighted by Gasteiger charge is 2.18. The van der Waals surface area contributed by atoms with Crippen LogP contribution in [-0.4, -0.2) is 27.8 Å². The number of rotatable bonds is 2. The molecule has 6 heteroatoms. The predicted octanol–water partition coefficient (Wildman–Crippen LogP) is 2.05. The Morgan fingerprint density at radius 1 is 1.65 bits per heavy atom. The Labute approximate surface area is 103 Å². The topological polar surface area (TPSA) is 57.0 Å². The number of esters is 1. The number of halogens is 1. The highest BCUT2D eigenvalue weighted by molar-refractivity contribution is 6.30. The molecule has 0 aliphatic heterocycles. The van der Waals surface area contributed by atoms with E-state index in [2.05, 4.69) is 16.7 Å². The number of nitrogens with zero attached hydrogens (tertiary/aromatic N) is 3. The summed E-state index contributed by atoms with van der Waals surface area (Å²) in [5, 5.41) is 5.01. The van der Waals surface area contributed by atoms with Crippen molar-refractivity contribution >= 4 is 34.7 Å². The molecule has 0 saturated heterocycles. The first-order valence-electron chi connectivity index (χ1n) is 4.82. The van der Waals surface area contributed by atoms with Crippen LogP contribution in [0.15, 0.2) is 12.6 Å². The number of methoxy groups -OCH3 is 1. The molecular formula is C11H10ClN3O2. The van der Waals surface area contributed by atoms with Crippen LogP contribution in [0.1, 0.15) is 16.1 Å². The van der Waals surface area contributed by atoms with Gasteiger partial charge in [0.25, 0.3) is 0 Å². The van der Waals surface area contributed by atoms with E-state index in [4.69, 9.17) is 16.3 Å². The number of ether oxygens (including phenoxy) is 1. The monoisotopic (exact) mass is 251 g/mol. The smallest absolute Gasteiger partial charge is 0.338 e. The summed E-state index contributed by atoms with van der Waals surface area (Å²) in [5.41, 5.74) is 1.44. The van der Waals surface area contributed by atoms with Crippen LogP contribution in [0.25, 0.3) is 17.1 Å². The third-order valence-electron chi connectivity index (χ3n) is 2.39. The largest absolute Gasteiger partial charge is 0.465 e. The summed E-state index contributed by atoms with van der Waals surface area (Å²) in [7, 11) is 3.03. The standard InChI is InChI=1S/C11H10ClN3O2/c1-4-7-9-6(11(16)17-3)5-8(12)13-10(9)15(2)14-7/h4-5H,1H2,2-3H3. The van der Waals surface area contributed by atoms with E-state index in [-0.39, 0.29) is 5.15 Å². The quantitative estimate of drug-likeness (QED) is 0.606. The minimum atomic E-state index is -0.476. The molecule has 0 aromatic carbocycles. The number of hydrogen-bond acceptors (Lipinski definition) is 4. The number of hydrogen-bond donors (Lipinski definition) is 0. The van der Waals surface area contributed by atoms with Gasteiger partial charge in [-0.3, -0.25) is 0 Å². The maximum Gasteiger partial charge on any atom is 0.338 e. The molecule has 0 radical (unpaired) electrons. The van der Waals surface area contributed by atoms with Crippen LogP contribution >= 0.6 is 11.6 Å². The zero-order valence-corrected chi connectivity index (χ0v) is 10.2. The molecule has 2 heterocycles. The van der Waals surface area contributed by atoms with Crippen molar-refractivity contribution in [2.75, 3.05) is 7.11 Å². The fraction of sp³-hybridized carbons (Fsp3) is 0.182. The number of pyridine rings is 1. The van der Waals surface area contributed by atoms with Crippen LogP contribution in [0.3, 0.4) is 0 Å². The average molecular weight is 252 g/mol. The van der Waals surface area contributed by atoms with Gasteiger partial charge in [0.15, 0.2) is 5.65 Å². The fourth-order valence-corrected chi connectivity index (χ4v) is 1.85. The van der Waals surface area contributed by atoms with Crippen molar-refractivity contribution in [3.8, 4) is 0 Å². The second kappa shape index (κ2) is 4.18. The van der Waals surface area contributed by atoms with Gasteiger partial charge in [0, 0.05) is 7.05 Å². The van der Waals surface area contributed by atoms with Gasteiger partial charge in [0.2, 0.25) is 0 Å². The number of aromatic nitrogens is 3. The molecule has 0 saturated carbocycles. The first kappa shape index (κ1) is 11.6. The summed E-state index contributed by atoms with van der Waals surface area (Å²) in [6.07, 6.45) is 1.56. The lowest BCUT2D eigenvalue weighted by atomic mass is 10.1. The molecular weight excluding hydrogens is 242 g/mol. The third-order valence-corrected chi connectivity index (χ3v) is 2.58. The van der Waals surface area contributed by atoms with Crippen molar-refractivity contribution in [3.05, 3.63) is 29.1 Å². The van der Waals surface area contributed by atoms with E-state index in [0.717, 1.165) is 0 Å². The maximum absolute atomic E-state index is 11.7. The van der Waals surface area contributed by atoms with E-state index in [1.54, 1.807) is 17.8 Å². The van der Waals surface area contributed by atoms with Crippen LogP contribution in [-0.2, 0) is 11.8 Å². The number of fused-ring (bicyclic) bond motifs is 1.